The Morgan fingerprint density at radius 2 is 1.89 bits per heavy atom. The number of rotatable bonds is 3. The van der Waals surface area contributed by atoms with Crippen LogP contribution in [0.5, 0.6) is 0 Å². The van der Waals surface area contributed by atoms with E-state index in [9.17, 15) is 8.42 Å². The third-order valence-corrected chi connectivity index (χ3v) is 6.16. The average molecular weight is 287 g/mol. The summed E-state index contributed by atoms with van der Waals surface area (Å²) in [4.78, 5) is 0. The Hall–Kier alpha value is -0.820. The minimum absolute atomic E-state index is 0.242. The molecular formula is C11H17N3O2S2. The van der Waals surface area contributed by atoms with Crippen LogP contribution in [0.25, 0.3) is 0 Å². The third kappa shape index (κ3) is 2.47. The molecule has 1 aliphatic carbocycles. The summed E-state index contributed by atoms with van der Waals surface area (Å²) in [5.41, 5.74) is 7.05. The molecule has 1 saturated carbocycles. The monoisotopic (exact) mass is 287 g/mol. The molecule has 7 heteroatoms. The maximum absolute atomic E-state index is 11.4. The smallest absolute Gasteiger partial charge is 0.150 e. The molecule has 3 N–H and O–H groups in total. The Morgan fingerprint density at radius 1 is 1.22 bits per heavy atom. The lowest BCUT2D eigenvalue weighted by molar-refractivity contribution is 0.560. The Bertz CT molecular complexity index is 535. The van der Waals surface area contributed by atoms with Crippen molar-refractivity contribution in [2.45, 2.75) is 37.6 Å². The highest BCUT2D eigenvalue weighted by molar-refractivity contribution is 7.91. The van der Waals surface area contributed by atoms with Crippen LogP contribution >= 0.6 is 11.5 Å². The van der Waals surface area contributed by atoms with Gasteiger partial charge >= 0.3 is 0 Å². The summed E-state index contributed by atoms with van der Waals surface area (Å²) in [5, 5.41) is 4.50. The van der Waals surface area contributed by atoms with Crippen LogP contribution in [0.4, 0.5) is 10.8 Å². The van der Waals surface area contributed by atoms with Crippen molar-refractivity contribution in [2.75, 3.05) is 22.6 Å². The number of anilines is 2. The first kappa shape index (κ1) is 12.2. The molecule has 1 aromatic heterocycles. The molecule has 0 spiro atoms. The minimum Gasteiger partial charge on any atom is -0.383 e. The number of nitrogens with zero attached hydrogens (tertiary/aromatic N) is 1. The molecule has 18 heavy (non-hydrogen) atoms. The Balaban J connectivity index is 1.70. The molecule has 2 fully saturated rings. The molecule has 3 rings (SSSR count). The van der Waals surface area contributed by atoms with E-state index in [1.807, 2.05) is 0 Å². The van der Waals surface area contributed by atoms with E-state index in [2.05, 4.69) is 9.69 Å². The van der Waals surface area contributed by atoms with E-state index in [1.54, 1.807) is 0 Å². The summed E-state index contributed by atoms with van der Waals surface area (Å²) in [6, 6.07) is 0.242. The molecule has 1 saturated heterocycles. The van der Waals surface area contributed by atoms with Gasteiger partial charge in [0.2, 0.25) is 0 Å². The highest BCUT2D eigenvalue weighted by Crippen LogP contribution is 2.48. The zero-order chi connectivity index (χ0) is 12.8. The molecular weight excluding hydrogens is 270 g/mol. The molecule has 0 aromatic carbocycles. The van der Waals surface area contributed by atoms with Crippen LogP contribution in [0, 0.1) is 0 Å². The van der Waals surface area contributed by atoms with E-state index in [4.69, 9.17) is 5.73 Å². The lowest BCUT2D eigenvalue weighted by Crippen LogP contribution is -2.32. The SMILES string of the molecule is Nc1nsc(NC2CCS(=O)(=O)CC2)c1C1CC1. The number of nitrogens with two attached hydrogens (primary N) is 1. The van der Waals surface area contributed by atoms with Crippen molar-refractivity contribution in [1.29, 1.82) is 0 Å². The van der Waals surface area contributed by atoms with Crippen molar-refractivity contribution in [3.63, 3.8) is 0 Å². The zero-order valence-electron chi connectivity index (χ0n) is 10.1. The van der Waals surface area contributed by atoms with Gasteiger partial charge in [-0.2, -0.15) is 4.37 Å². The maximum atomic E-state index is 11.4. The lowest BCUT2D eigenvalue weighted by atomic mass is 10.1. The van der Waals surface area contributed by atoms with Gasteiger partial charge in [0.1, 0.15) is 20.7 Å². The third-order valence-electron chi connectivity index (χ3n) is 3.63. The second-order valence-electron chi connectivity index (χ2n) is 5.16. The standard InChI is InChI=1S/C11H17N3O2S2/c12-10-9(7-1-2-7)11(17-14-10)13-8-3-5-18(15,16)6-4-8/h7-8,13H,1-6H2,(H2,12,14). The summed E-state index contributed by atoms with van der Waals surface area (Å²) in [6.45, 7) is 0. The fourth-order valence-electron chi connectivity index (χ4n) is 2.40. The summed E-state index contributed by atoms with van der Waals surface area (Å²) in [5.74, 6) is 1.79. The maximum Gasteiger partial charge on any atom is 0.150 e. The van der Waals surface area contributed by atoms with Gasteiger partial charge in [0.25, 0.3) is 0 Å². The number of hydrogen-bond donors (Lipinski definition) is 2. The van der Waals surface area contributed by atoms with Crippen molar-refractivity contribution >= 4 is 32.2 Å². The first-order valence-corrected chi connectivity index (χ1v) is 8.86. The van der Waals surface area contributed by atoms with E-state index >= 15 is 0 Å². The zero-order valence-corrected chi connectivity index (χ0v) is 11.7. The minimum atomic E-state index is -2.79. The van der Waals surface area contributed by atoms with Crippen LogP contribution in [0.1, 0.15) is 37.2 Å². The van der Waals surface area contributed by atoms with Crippen molar-refractivity contribution in [2.24, 2.45) is 0 Å². The summed E-state index contributed by atoms with van der Waals surface area (Å²) in [6.07, 6.45) is 3.75. The van der Waals surface area contributed by atoms with Gasteiger partial charge in [-0.3, -0.25) is 0 Å². The molecule has 0 radical (unpaired) electrons. The van der Waals surface area contributed by atoms with Crippen molar-refractivity contribution < 1.29 is 8.42 Å². The summed E-state index contributed by atoms with van der Waals surface area (Å²) in [7, 11) is -2.79. The van der Waals surface area contributed by atoms with Crippen molar-refractivity contribution in [3.8, 4) is 0 Å². The number of hydrogen-bond acceptors (Lipinski definition) is 6. The Morgan fingerprint density at radius 3 is 2.50 bits per heavy atom. The largest absolute Gasteiger partial charge is 0.383 e. The molecule has 5 nitrogen and oxygen atoms in total. The van der Waals surface area contributed by atoms with E-state index in [0.717, 1.165) is 10.6 Å². The Kier molecular flexibility index (Phi) is 2.97. The highest BCUT2D eigenvalue weighted by atomic mass is 32.2. The Labute approximate surface area is 111 Å². The predicted octanol–water partition coefficient (Wildman–Crippen LogP) is 1.59. The first-order valence-electron chi connectivity index (χ1n) is 6.27. The van der Waals surface area contributed by atoms with Gasteiger partial charge in [-0.05, 0) is 43.1 Å². The highest BCUT2D eigenvalue weighted by Gasteiger charge is 2.32. The van der Waals surface area contributed by atoms with Crippen LogP contribution < -0.4 is 11.1 Å². The quantitative estimate of drug-likeness (QED) is 0.882. The fraction of sp³-hybridized carbons (Fsp3) is 0.727. The molecule has 2 aliphatic rings. The molecule has 0 bridgehead atoms. The number of aromatic nitrogens is 1. The van der Waals surface area contributed by atoms with E-state index < -0.39 is 9.84 Å². The molecule has 0 unspecified atom stereocenters. The topological polar surface area (TPSA) is 85.1 Å². The van der Waals surface area contributed by atoms with Crippen molar-refractivity contribution in [3.05, 3.63) is 5.56 Å². The van der Waals surface area contributed by atoms with Gasteiger partial charge < -0.3 is 11.1 Å². The normalized spacial score (nSPS) is 24.0. The molecule has 1 aliphatic heterocycles. The van der Waals surface area contributed by atoms with Crippen molar-refractivity contribution in [1.82, 2.24) is 4.37 Å². The van der Waals surface area contributed by atoms with Crippen LogP contribution in [-0.2, 0) is 9.84 Å². The molecule has 100 valence electrons. The van der Waals surface area contributed by atoms with Gasteiger partial charge in [0.05, 0.1) is 11.5 Å². The second-order valence-corrected chi connectivity index (χ2v) is 8.23. The molecule has 2 heterocycles. The van der Waals surface area contributed by atoms with Crippen LogP contribution in [-0.4, -0.2) is 30.3 Å². The molecule has 1 aromatic rings. The van der Waals surface area contributed by atoms with Crippen LogP contribution in [0.3, 0.4) is 0 Å². The summed E-state index contributed by atoms with van der Waals surface area (Å²) < 4.78 is 27.0. The van der Waals surface area contributed by atoms with Gasteiger partial charge in [-0.1, -0.05) is 0 Å². The number of nitrogen functional groups attached to an aromatic ring is 1. The van der Waals surface area contributed by atoms with Crippen LogP contribution in [0.2, 0.25) is 0 Å². The number of sulfone groups is 1. The van der Waals surface area contributed by atoms with E-state index in [0.29, 0.717) is 24.6 Å². The van der Waals surface area contributed by atoms with Crippen LogP contribution in [0.15, 0.2) is 0 Å². The van der Waals surface area contributed by atoms with Gasteiger partial charge in [-0.15, -0.1) is 0 Å². The average Bonchev–Trinajstić information content (AvgIpc) is 3.08. The second kappa shape index (κ2) is 4.38. The fourth-order valence-corrected chi connectivity index (χ4v) is 4.77. The van der Waals surface area contributed by atoms with Gasteiger partial charge in [0.15, 0.2) is 0 Å². The molecule has 0 amide bonds. The van der Waals surface area contributed by atoms with Gasteiger partial charge in [-0.25, -0.2) is 8.42 Å². The van der Waals surface area contributed by atoms with E-state index in [1.165, 1.54) is 24.4 Å². The molecule has 0 atom stereocenters. The lowest BCUT2D eigenvalue weighted by Gasteiger charge is -2.23. The predicted molar refractivity (Wildman–Crippen MR) is 73.8 cm³/mol. The van der Waals surface area contributed by atoms with E-state index in [-0.39, 0.29) is 17.5 Å². The van der Waals surface area contributed by atoms with Gasteiger partial charge in [0, 0.05) is 11.6 Å². The first-order chi connectivity index (χ1) is 8.55. The number of nitrogens with one attached hydrogen (secondary N) is 1. The summed E-state index contributed by atoms with van der Waals surface area (Å²) >= 11 is 1.40.